The minimum Gasteiger partial charge on any atom is -0.493 e. The standard InChI is InChI=1S/C22H22ClN3O5/c1-15-13-16(23)7-9-18(15)30-12-4-5-20(27)24-25-22(29)19-10-8-17(31-19)14-26-11-3-2-6-21(26)28/h2-3,6-11,13H,4-5,12,14H2,1H3,(H,24,27)(H,25,29). The van der Waals surface area contributed by atoms with Crippen LogP contribution in [0.3, 0.4) is 0 Å². The van der Waals surface area contributed by atoms with Crippen molar-refractivity contribution >= 4 is 23.4 Å². The highest BCUT2D eigenvalue weighted by atomic mass is 35.5. The van der Waals surface area contributed by atoms with E-state index in [4.69, 9.17) is 20.8 Å². The molecule has 0 aliphatic carbocycles. The predicted octanol–water partition coefficient (Wildman–Crippen LogP) is 3.07. The van der Waals surface area contributed by atoms with Crippen molar-refractivity contribution in [2.45, 2.75) is 26.3 Å². The number of furan rings is 1. The first-order valence-electron chi connectivity index (χ1n) is 9.64. The van der Waals surface area contributed by atoms with Crippen LogP contribution in [-0.4, -0.2) is 23.0 Å². The van der Waals surface area contributed by atoms with Gasteiger partial charge in [0.05, 0.1) is 13.2 Å². The summed E-state index contributed by atoms with van der Waals surface area (Å²) in [5, 5.41) is 0.637. The molecule has 0 aliphatic rings. The van der Waals surface area contributed by atoms with Gasteiger partial charge in [0.2, 0.25) is 5.91 Å². The first-order chi connectivity index (χ1) is 14.9. The summed E-state index contributed by atoms with van der Waals surface area (Å²) in [6.07, 6.45) is 2.27. The average Bonchev–Trinajstić information content (AvgIpc) is 3.21. The van der Waals surface area contributed by atoms with E-state index in [0.717, 1.165) is 5.56 Å². The van der Waals surface area contributed by atoms with Gasteiger partial charge in [0.1, 0.15) is 11.5 Å². The van der Waals surface area contributed by atoms with Crippen LogP contribution in [-0.2, 0) is 11.3 Å². The van der Waals surface area contributed by atoms with Crippen molar-refractivity contribution in [1.82, 2.24) is 15.4 Å². The second-order valence-electron chi connectivity index (χ2n) is 6.80. The van der Waals surface area contributed by atoms with E-state index in [1.54, 1.807) is 42.6 Å². The van der Waals surface area contributed by atoms with Gasteiger partial charge in [-0.2, -0.15) is 0 Å². The van der Waals surface area contributed by atoms with Gasteiger partial charge >= 0.3 is 5.91 Å². The number of halogens is 1. The van der Waals surface area contributed by atoms with Crippen molar-refractivity contribution in [3.63, 3.8) is 0 Å². The maximum absolute atomic E-state index is 12.1. The first-order valence-corrected chi connectivity index (χ1v) is 10.0. The number of aryl methyl sites for hydroxylation is 1. The number of hydrazine groups is 1. The van der Waals surface area contributed by atoms with E-state index in [-0.39, 0.29) is 30.2 Å². The number of amides is 2. The minimum absolute atomic E-state index is 0.0285. The second kappa shape index (κ2) is 10.5. The Labute approximate surface area is 183 Å². The van der Waals surface area contributed by atoms with Crippen molar-refractivity contribution in [2.75, 3.05) is 6.61 Å². The summed E-state index contributed by atoms with van der Waals surface area (Å²) < 4.78 is 12.5. The Morgan fingerprint density at radius 1 is 1.13 bits per heavy atom. The van der Waals surface area contributed by atoms with E-state index in [1.807, 2.05) is 6.92 Å². The zero-order valence-electron chi connectivity index (χ0n) is 16.9. The Morgan fingerprint density at radius 3 is 2.74 bits per heavy atom. The molecule has 2 amide bonds. The van der Waals surface area contributed by atoms with Crippen LogP contribution in [0.15, 0.2) is 63.9 Å². The van der Waals surface area contributed by atoms with Crippen molar-refractivity contribution in [3.8, 4) is 5.75 Å². The fraction of sp³-hybridized carbons (Fsp3) is 0.227. The molecule has 0 saturated carbocycles. The van der Waals surface area contributed by atoms with Gasteiger partial charge in [-0.25, -0.2) is 0 Å². The molecule has 0 radical (unpaired) electrons. The van der Waals surface area contributed by atoms with Crippen molar-refractivity contribution in [2.24, 2.45) is 0 Å². The lowest BCUT2D eigenvalue weighted by Gasteiger charge is -2.09. The molecule has 31 heavy (non-hydrogen) atoms. The molecule has 162 valence electrons. The van der Waals surface area contributed by atoms with E-state index in [1.165, 1.54) is 16.7 Å². The number of rotatable bonds is 8. The van der Waals surface area contributed by atoms with Gasteiger partial charge in [0, 0.05) is 23.7 Å². The molecular weight excluding hydrogens is 422 g/mol. The summed E-state index contributed by atoms with van der Waals surface area (Å²) >= 11 is 5.91. The third-order valence-electron chi connectivity index (χ3n) is 4.37. The molecule has 0 spiro atoms. The van der Waals surface area contributed by atoms with Crippen LogP contribution in [0.4, 0.5) is 0 Å². The molecule has 2 N–H and O–H groups in total. The third-order valence-corrected chi connectivity index (χ3v) is 4.60. The van der Waals surface area contributed by atoms with E-state index in [2.05, 4.69) is 10.9 Å². The topological polar surface area (TPSA) is 103 Å². The molecule has 0 aliphatic heterocycles. The van der Waals surface area contributed by atoms with Crippen LogP contribution in [0, 0.1) is 6.92 Å². The smallest absolute Gasteiger partial charge is 0.305 e. The number of carbonyl (C=O) groups is 2. The zero-order valence-corrected chi connectivity index (χ0v) is 17.6. The molecule has 3 aromatic rings. The molecule has 0 bridgehead atoms. The Morgan fingerprint density at radius 2 is 1.97 bits per heavy atom. The molecule has 0 saturated heterocycles. The maximum Gasteiger partial charge on any atom is 0.305 e. The number of nitrogens with zero attached hydrogens (tertiary/aromatic N) is 1. The Balaban J connectivity index is 1.39. The largest absolute Gasteiger partial charge is 0.493 e. The lowest BCUT2D eigenvalue weighted by atomic mass is 10.2. The van der Waals surface area contributed by atoms with Gasteiger partial charge in [0.15, 0.2) is 5.76 Å². The number of carbonyl (C=O) groups excluding carboxylic acids is 2. The molecule has 2 aromatic heterocycles. The van der Waals surface area contributed by atoms with Crippen LogP contribution in [0.1, 0.15) is 34.7 Å². The molecular formula is C22H22ClN3O5. The van der Waals surface area contributed by atoms with E-state index < -0.39 is 5.91 Å². The first kappa shape index (κ1) is 22.2. The summed E-state index contributed by atoms with van der Waals surface area (Å²) in [7, 11) is 0. The average molecular weight is 444 g/mol. The highest BCUT2D eigenvalue weighted by Gasteiger charge is 2.13. The Bertz CT molecular complexity index is 1120. The number of pyridine rings is 1. The van der Waals surface area contributed by atoms with Crippen molar-refractivity contribution in [3.05, 3.63) is 87.2 Å². The van der Waals surface area contributed by atoms with Gasteiger partial charge in [0.25, 0.3) is 5.56 Å². The molecule has 8 nitrogen and oxygen atoms in total. The number of hydrogen-bond donors (Lipinski definition) is 2. The lowest BCUT2D eigenvalue weighted by molar-refractivity contribution is -0.122. The summed E-state index contributed by atoms with van der Waals surface area (Å²) in [5.41, 5.74) is 5.39. The van der Waals surface area contributed by atoms with Crippen LogP contribution in [0.2, 0.25) is 5.02 Å². The third kappa shape index (κ3) is 6.48. The normalized spacial score (nSPS) is 10.5. The summed E-state index contributed by atoms with van der Waals surface area (Å²) in [6, 6.07) is 13.2. The maximum atomic E-state index is 12.1. The quantitative estimate of drug-likeness (QED) is 0.411. The van der Waals surface area contributed by atoms with Crippen molar-refractivity contribution < 1.29 is 18.7 Å². The Hall–Kier alpha value is -3.52. The fourth-order valence-electron chi connectivity index (χ4n) is 2.78. The summed E-state index contributed by atoms with van der Waals surface area (Å²) in [6.45, 7) is 2.44. The van der Waals surface area contributed by atoms with Crippen LogP contribution in [0.25, 0.3) is 0 Å². The molecule has 0 fully saturated rings. The summed E-state index contributed by atoms with van der Waals surface area (Å²) in [5.74, 6) is 0.241. The molecule has 2 heterocycles. The molecule has 0 unspecified atom stereocenters. The number of aromatic nitrogens is 1. The van der Waals surface area contributed by atoms with Crippen LogP contribution in [0.5, 0.6) is 5.75 Å². The van der Waals surface area contributed by atoms with Gasteiger partial charge in [-0.15, -0.1) is 0 Å². The summed E-state index contributed by atoms with van der Waals surface area (Å²) in [4.78, 5) is 35.8. The number of hydrogen-bond acceptors (Lipinski definition) is 5. The highest BCUT2D eigenvalue weighted by molar-refractivity contribution is 6.30. The molecule has 1 aromatic carbocycles. The fourth-order valence-corrected chi connectivity index (χ4v) is 3.01. The SMILES string of the molecule is Cc1cc(Cl)ccc1OCCCC(=O)NNC(=O)c1ccc(Cn2ccccc2=O)o1. The van der Waals surface area contributed by atoms with Gasteiger partial charge < -0.3 is 13.7 Å². The van der Waals surface area contributed by atoms with Crippen molar-refractivity contribution in [1.29, 1.82) is 0 Å². The van der Waals surface area contributed by atoms with Gasteiger partial charge in [-0.3, -0.25) is 25.2 Å². The minimum atomic E-state index is -0.590. The van der Waals surface area contributed by atoms with Crippen LogP contribution >= 0.6 is 11.6 Å². The van der Waals surface area contributed by atoms with Gasteiger partial charge in [-0.1, -0.05) is 17.7 Å². The number of ether oxygens (including phenoxy) is 1. The zero-order chi connectivity index (χ0) is 22.2. The Kier molecular flexibility index (Phi) is 7.50. The van der Waals surface area contributed by atoms with Crippen LogP contribution < -0.4 is 21.1 Å². The number of benzene rings is 1. The molecule has 9 heteroatoms. The van der Waals surface area contributed by atoms with Gasteiger partial charge in [-0.05, 0) is 55.3 Å². The molecule has 0 atom stereocenters. The predicted molar refractivity (Wildman–Crippen MR) is 115 cm³/mol. The number of nitrogens with one attached hydrogen (secondary N) is 2. The van der Waals surface area contributed by atoms with E-state index in [9.17, 15) is 14.4 Å². The van der Waals surface area contributed by atoms with E-state index >= 15 is 0 Å². The monoisotopic (exact) mass is 443 g/mol. The van der Waals surface area contributed by atoms with E-state index in [0.29, 0.717) is 29.6 Å². The highest BCUT2D eigenvalue weighted by Crippen LogP contribution is 2.21. The second-order valence-corrected chi connectivity index (χ2v) is 7.23. The molecule has 3 rings (SSSR count). The lowest BCUT2D eigenvalue weighted by Crippen LogP contribution is -2.41.